The molecular weight excluding hydrogens is 424 g/mol. The number of piperidine rings is 1. The van der Waals surface area contributed by atoms with Crippen LogP contribution >= 0.6 is 11.3 Å². The van der Waals surface area contributed by atoms with Crippen LogP contribution in [0.4, 0.5) is 5.69 Å². The van der Waals surface area contributed by atoms with Crippen LogP contribution in [0.3, 0.4) is 0 Å². The number of rotatable bonds is 8. The first-order chi connectivity index (χ1) is 14.3. The molecule has 1 fully saturated rings. The van der Waals surface area contributed by atoms with Crippen molar-refractivity contribution in [1.82, 2.24) is 10.2 Å². The zero-order chi connectivity index (χ0) is 21.6. The van der Waals surface area contributed by atoms with E-state index in [2.05, 4.69) is 16.7 Å². The Bertz CT molecular complexity index is 951. The van der Waals surface area contributed by atoms with Crippen LogP contribution in [0.2, 0.25) is 0 Å². The maximum absolute atomic E-state index is 12.3. The minimum absolute atomic E-state index is 0.00348. The van der Waals surface area contributed by atoms with E-state index in [4.69, 9.17) is 5.14 Å². The number of likely N-dealkylation sites (tertiary alicyclic amines) is 1. The topological polar surface area (TPSA) is 122 Å². The number of sulfonamides is 1. The lowest BCUT2D eigenvalue weighted by Gasteiger charge is -2.30. The molecule has 8 nitrogen and oxygen atoms in total. The Balaban J connectivity index is 1.37. The fraction of sp³-hybridized carbons (Fsp3) is 0.400. The highest BCUT2D eigenvalue weighted by atomic mass is 32.2. The number of nitrogens with zero attached hydrogens (tertiary/aromatic N) is 1. The SMILES string of the molecule is NS(=O)(=O)c1ccc(NC(=O)CN2CCC(C(=O)NCCc3cccs3)CC2)cc1. The second-order valence-corrected chi connectivity index (χ2v) is 9.88. The summed E-state index contributed by atoms with van der Waals surface area (Å²) in [7, 11) is -3.75. The molecule has 4 N–H and O–H groups in total. The predicted molar refractivity (Wildman–Crippen MR) is 117 cm³/mol. The standard InChI is InChI=1S/C20H26N4O4S2/c21-30(27,28)18-5-3-16(4-6-18)23-19(25)14-24-11-8-15(9-12-24)20(26)22-10-7-17-2-1-13-29-17/h1-6,13,15H,7-12,14H2,(H,22,26)(H,23,25)(H2,21,27,28). The number of primary sulfonamides is 1. The number of hydrogen-bond donors (Lipinski definition) is 3. The third-order valence-corrected chi connectivity index (χ3v) is 6.91. The van der Waals surface area contributed by atoms with Crippen molar-refractivity contribution < 1.29 is 18.0 Å². The molecule has 1 saturated heterocycles. The summed E-state index contributed by atoms with van der Waals surface area (Å²) in [6.45, 7) is 2.23. The highest BCUT2D eigenvalue weighted by molar-refractivity contribution is 7.89. The van der Waals surface area contributed by atoms with Gasteiger partial charge in [0.2, 0.25) is 21.8 Å². The molecule has 0 aliphatic carbocycles. The minimum Gasteiger partial charge on any atom is -0.355 e. The molecule has 3 rings (SSSR count). The Kier molecular flexibility index (Phi) is 7.59. The van der Waals surface area contributed by atoms with Crippen molar-refractivity contribution in [3.05, 3.63) is 46.7 Å². The van der Waals surface area contributed by atoms with Crippen molar-refractivity contribution in [3.63, 3.8) is 0 Å². The van der Waals surface area contributed by atoms with E-state index >= 15 is 0 Å². The molecular formula is C20H26N4O4S2. The van der Waals surface area contributed by atoms with Gasteiger partial charge in [0.25, 0.3) is 0 Å². The van der Waals surface area contributed by atoms with Gasteiger partial charge < -0.3 is 10.6 Å². The lowest BCUT2D eigenvalue weighted by atomic mass is 9.96. The van der Waals surface area contributed by atoms with Gasteiger partial charge >= 0.3 is 0 Å². The maximum atomic E-state index is 12.3. The molecule has 162 valence electrons. The molecule has 2 amide bonds. The Morgan fingerprint density at radius 1 is 1.13 bits per heavy atom. The van der Waals surface area contributed by atoms with Crippen LogP contribution in [0.5, 0.6) is 0 Å². The summed E-state index contributed by atoms with van der Waals surface area (Å²) in [6.07, 6.45) is 2.29. The van der Waals surface area contributed by atoms with Gasteiger partial charge in [0.1, 0.15) is 0 Å². The lowest BCUT2D eigenvalue weighted by Crippen LogP contribution is -2.43. The second-order valence-electron chi connectivity index (χ2n) is 7.29. The van der Waals surface area contributed by atoms with Gasteiger partial charge in [0.15, 0.2) is 0 Å². The van der Waals surface area contributed by atoms with Crippen LogP contribution < -0.4 is 15.8 Å². The van der Waals surface area contributed by atoms with Gasteiger partial charge in [-0.1, -0.05) is 6.07 Å². The number of hydrogen-bond acceptors (Lipinski definition) is 6. The highest BCUT2D eigenvalue weighted by Crippen LogP contribution is 2.18. The number of benzene rings is 1. The van der Waals surface area contributed by atoms with Gasteiger partial charge in [-0.15, -0.1) is 11.3 Å². The molecule has 0 unspecified atom stereocenters. The van der Waals surface area contributed by atoms with Crippen LogP contribution in [0.1, 0.15) is 17.7 Å². The fourth-order valence-electron chi connectivity index (χ4n) is 3.39. The van der Waals surface area contributed by atoms with Crippen LogP contribution in [0.25, 0.3) is 0 Å². The molecule has 0 radical (unpaired) electrons. The Hall–Kier alpha value is -2.27. The van der Waals surface area contributed by atoms with E-state index in [1.807, 2.05) is 16.3 Å². The van der Waals surface area contributed by atoms with Crippen molar-refractivity contribution in [1.29, 1.82) is 0 Å². The zero-order valence-corrected chi connectivity index (χ0v) is 18.2. The predicted octanol–water partition coefficient (Wildman–Crippen LogP) is 1.40. The Morgan fingerprint density at radius 2 is 1.83 bits per heavy atom. The summed E-state index contributed by atoms with van der Waals surface area (Å²) in [4.78, 5) is 27.9. The summed E-state index contributed by atoms with van der Waals surface area (Å²) in [5.41, 5.74) is 0.507. The number of carbonyl (C=O) groups is 2. The second kappa shape index (κ2) is 10.2. The van der Waals surface area contributed by atoms with E-state index < -0.39 is 10.0 Å². The van der Waals surface area contributed by atoms with Gasteiger partial charge in [-0.3, -0.25) is 14.5 Å². The summed E-state index contributed by atoms with van der Waals surface area (Å²) in [6, 6.07) is 9.79. The molecule has 10 heteroatoms. The monoisotopic (exact) mass is 450 g/mol. The molecule has 1 aromatic heterocycles. The average molecular weight is 451 g/mol. The minimum atomic E-state index is -3.75. The number of thiophene rings is 1. The third kappa shape index (κ3) is 6.63. The number of nitrogens with two attached hydrogens (primary N) is 1. The summed E-state index contributed by atoms with van der Waals surface area (Å²) in [5, 5.41) is 12.9. The molecule has 0 bridgehead atoms. The van der Waals surface area contributed by atoms with Gasteiger partial charge in [-0.25, -0.2) is 13.6 Å². The van der Waals surface area contributed by atoms with Crippen LogP contribution in [-0.2, 0) is 26.0 Å². The van der Waals surface area contributed by atoms with E-state index in [0.29, 0.717) is 25.3 Å². The van der Waals surface area contributed by atoms with Crippen LogP contribution in [0.15, 0.2) is 46.7 Å². The normalized spacial score (nSPS) is 15.6. The lowest BCUT2D eigenvalue weighted by molar-refractivity contribution is -0.126. The van der Waals surface area contributed by atoms with Gasteiger partial charge in [0, 0.05) is 23.0 Å². The third-order valence-electron chi connectivity index (χ3n) is 5.04. The molecule has 0 atom stereocenters. The van der Waals surface area contributed by atoms with Gasteiger partial charge in [0.05, 0.1) is 11.4 Å². The molecule has 0 saturated carbocycles. The fourth-order valence-corrected chi connectivity index (χ4v) is 4.62. The average Bonchev–Trinajstić information content (AvgIpc) is 3.21. The van der Waals surface area contributed by atoms with E-state index in [9.17, 15) is 18.0 Å². The number of carbonyl (C=O) groups excluding carboxylic acids is 2. The van der Waals surface area contributed by atoms with Crippen molar-refractivity contribution in [2.24, 2.45) is 11.1 Å². The van der Waals surface area contributed by atoms with Crippen molar-refractivity contribution in [3.8, 4) is 0 Å². The smallest absolute Gasteiger partial charge is 0.238 e. The van der Waals surface area contributed by atoms with Crippen molar-refractivity contribution in [2.75, 3.05) is 31.5 Å². The van der Waals surface area contributed by atoms with E-state index in [1.165, 1.54) is 29.1 Å². The summed E-state index contributed by atoms with van der Waals surface area (Å²) >= 11 is 1.69. The maximum Gasteiger partial charge on any atom is 0.238 e. The number of nitrogens with one attached hydrogen (secondary N) is 2. The number of anilines is 1. The molecule has 1 aromatic carbocycles. The first-order valence-electron chi connectivity index (χ1n) is 9.76. The first-order valence-corrected chi connectivity index (χ1v) is 12.2. The van der Waals surface area contributed by atoms with Crippen LogP contribution in [-0.4, -0.2) is 51.3 Å². The Morgan fingerprint density at radius 3 is 2.43 bits per heavy atom. The van der Waals surface area contributed by atoms with Crippen molar-refractivity contribution >= 4 is 38.9 Å². The number of amides is 2. The summed E-state index contributed by atoms with van der Waals surface area (Å²) < 4.78 is 22.5. The van der Waals surface area contributed by atoms with Gasteiger partial charge in [-0.2, -0.15) is 0 Å². The van der Waals surface area contributed by atoms with E-state index in [-0.39, 0.29) is 29.2 Å². The quantitative estimate of drug-likeness (QED) is 0.561. The molecule has 1 aliphatic heterocycles. The first kappa shape index (κ1) is 22.4. The zero-order valence-electron chi connectivity index (χ0n) is 16.5. The molecule has 0 spiro atoms. The summed E-state index contributed by atoms with van der Waals surface area (Å²) in [5.74, 6) is -0.110. The molecule has 2 heterocycles. The molecule has 30 heavy (non-hydrogen) atoms. The van der Waals surface area contributed by atoms with Crippen LogP contribution in [0, 0.1) is 5.92 Å². The highest BCUT2D eigenvalue weighted by Gasteiger charge is 2.25. The molecule has 2 aromatic rings. The van der Waals surface area contributed by atoms with E-state index in [0.717, 1.165) is 19.3 Å². The van der Waals surface area contributed by atoms with Gasteiger partial charge in [-0.05, 0) is 68.1 Å². The molecule has 1 aliphatic rings. The van der Waals surface area contributed by atoms with Crippen molar-refractivity contribution in [2.45, 2.75) is 24.2 Å². The largest absolute Gasteiger partial charge is 0.355 e. The van der Waals surface area contributed by atoms with E-state index in [1.54, 1.807) is 11.3 Å². The Labute approximate surface area is 180 Å².